The molecule has 3 heterocycles. The van der Waals surface area contributed by atoms with E-state index < -0.39 is 0 Å². The summed E-state index contributed by atoms with van der Waals surface area (Å²) in [6.45, 7) is 6.53. The van der Waals surface area contributed by atoms with E-state index in [1.165, 1.54) is 5.56 Å². The molecule has 27 heavy (non-hydrogen) atoms. The van der Waals surface area contributed by atoms with E-state index in [4.69, 9.17) is 4.52 Å². The van der Waals surface area contributed by atoms with E-state index in [9.17, 15) is 4.79 Å². The quantitative estimate of drug-likeness (QED) is 0.868. The van der Waals surface area contributed by atoms with Gasteiger partial charge in [0.05, 0.1) is 0 Å². The third-order valence-electron chi connectivity index (χ3n) is 5.82. The highest BCUT2D eigenvalue weighted by Crippen LogP contribution is 2.32. The molecule has 3 atom stereocenters. The molecular formula is C21H28N4O2. The van der Waals surface area contributed by atoms with E-state index in [0.717, 1.165) is 38.2 Å². The van der Waals surface area contributed by atoms with E-state index in [2.05, 4.69) is 46.3 Å². The lowest BCUT2D eigenvalue weighted by atomic mass is 9.81. The van der Waals surface area contributed by atoms with Gasteiger partial charge in [-0.25, -0.2) is 0 Å². The van der Waals surface area contributed by atoms with Crippen molar-refractivity contribution in [3.05, 3.63) is 53.4 Å². The van der Waals surface area contributed by atoms with Gasteiger partial charge >= 0.3 is 0 Å². The number of rotatable bonds is 4. The molecule has 0 radical (unpaired) electrons. The fourth-order valence-corrected chi connectivity index (χ4v) is 4.30. The first-order valence-electron chi connectivity index (χ1n) is 9.92. The predicted molar refractivity (Wildman–Crippen MR) is 103 cm³/mol. The lowest BCUT2D eigenvalue weighted by molar-refractivity contribution is 0.0634. The van der Waals surface area contributed by atoms with E-state index >= 15 is 0 Å². The molecule has 0 bridgehead atoms. The largest absolute Gasteiger partial charge is 0.360 e. The van der Waals surface area contributed by atoms with Gasteiger partial charge in [0, 0.05) is 43.6 Å². The Morgan fingerprint density at radius 2 is 2.11 bits per heavy atom. The first kappa shape index (κ1) is 18.2. The van der Waals surface area contributed by atoms with Gasteiger partial charge < -0.3 is 9.42 Å². The number of benzene rings is 1. The molecule has 6 nitrogen and oxygen atoms in total. The number of likely N-dealkylation sites (tertiary alicyclic amines) is 1. The molecule has 0 saturated carbocycles. The summed E-state index contributed by atoms with van der Waals surface area (Å²) in [7, 11) is 0. The van der Waals surface area contributed by atoms with Gasteiger partial charge in [0.1, 0.15) is 5.76 Å². The van der Waals surface area contributed by atoms with Crippen molar-refractivity contribution < 1.29 is 9.32 Å². The third kappa shape index (κ3) is 3.77. The smallest absolute Gasteiger partial charge is 0.276 e. The highest BCUT2D eigenvalue weighted by molar-refractivity contribution is 5.92. The highest BCUT2D eigenvalue weighted by Gasteiger charge is 2.38. The summed E-state index contributed by atoms with van der Waals surface area (Å²) in [6.07, 6.45) is 2.15. The Balaban J connectivity index is 1.46. The second-order valence-electron chi connectivity index (χ2n) is 7.99. The molecule has 2 saturated heterocycles. The average molecular weight is 368 g/mol. The van der Waals surface area contributed by atoms with Gasteiger partial charge in [-0.2, -0.15) is 0 Å². The Morgan fingerprint density at radius 1 is 1.30 bits per heavy atom. The molecule has 3 unspecified atom stereocenters. The maximum atomic E-state index is 12.9. The van der Waals surface area contributed by atoms with Gasteiger partial charge in [0.25, 0.3) is 5.91 Å². The third-order valence-corrected chi connectivity index (χ3v) is 5.82. The van der Waals surface area contributed by atoms with Crippen molar-refractivity contribution in [2.45, 2.75) is 44.6 Å². The van der Waals surface area contributed by atoms with Crippen LogP contribution in [0.25, 0.3) is 0 Å². The molecule has 0 spiro atoms. The molecule has 1 amide bonds. The lowest BCUT2D eigenvalue weighted by Crippen LogP contribution is -2.48. The number of nitrogens with zero attached hydrogens (tertiary/aromatic N) is 2. The van der Waals surface area contributed by atoms with Crippen LogP contribution in [-0.4, -0.2) is 41.6 Å². The second kappa shape index (κ2) is 7.82. The molecule has 2 aliphatic rings. The highest BCUT2D eigenvalue weighted by atomic mass is 16.5. The molecule has 2 aliphatic heterocycles. The topological polar surface area (TPSA) is 70.4 Å². The van der Waals surface area contributed by atoms with Crippen LogP contribution in [0.3, 0.4) is 0 Å². The Kier molecular flexibility index (Phi) is 5.27. The minimum Gasteiger partial charge on any atom is -0.360 e. The molecule has 2 N–H and O–H groups in total. The first-order valence-corrected chi connectivity index (χ1v) is 9.92. The van der Waals surface area contributed by atoms with Crippen molar-refractivity contribution in [1.29, 1.82) is 0 Å². The summed E-state index contributed by atoms with van der Waals surface area (Å²) in [5.41, 5.74) is 8.58. The summed E-state index contributed by atoms with van der Waals surface area (Å²) in [5.74, 6) is 1.81. The van der Waals surface area contributed by atoms with Crippen LogP contribution in [0.1, 0.15) is 60.3 Å². The second-order valence-corrected chi connectivity index (χ2v) is 7.99. The number of amides is 1. The summed E-state index contributed by atoms with van der Waals surface area (Å²) in [5, 5.41) is 4.00. The number of piperidine rings is 1. The van der Waals surface area contributed by atoms with Crippen LogP contribution in [0.4, 0.5) is 0 Å². The fourth-order valence-electron chi connectivity index (χ4n) is 4.30. The van der Waals surface area contributed by atoms with Crippen molar-refractivity contribution in [1.82, 2.24) is 20.9 Å². The van der Waals surface area contributed by atoms with E-state index in [-0.39, 0.29) is 11.8 Å². The summed E-state index contributed by atoms with van der Waals surface area (Å²) < 4.78 is 5.32. The van der Waals surface area contributed by atoms with Crippen LogP contribution in [-0.2, 0) is 0 Å². The molecule has 2 aromatic rings. The van der Waals surface area contributed by atoms with Crippen molar-refractivity contribution >= 4 is 5.91 Å². The molecule has 1 aromatic carbocycles. The molecule has 0 aliphatic carbocycles. The standard InChI is InChI=1S/C21H28N4O2/c1-14(2)19-11-18(24-27-19)21(26)25-10-6-9-16(13-25)20-17(12-22-23-20)15-7-4-3-5-8-15/h3-5,7-8,11,14,16-17,20,22-23H,6,9-10,12-13H2,1-2H3. The molecular weight excluding hydrogens is 340 g/mol. The number of aromatic nitrogens is 1. The first-order chi connectivity index (χ1) is 13.1. The molecule has 6 heteroatoms. The maximum absolute atomic E-state index is 12.9. The summed E-state index contributed by atoms with van der Waals surface area (Å²) in [6, 6.07) is 12.8. The number of hydrogen-bond donors (Lipinski definition) is 2. The van der Waals surface area contributed by atoms with Gasteiger partial charge in [0.15, 0.2) is 5.69 Å². The van der Waals surface area contributed by atoms with Crippen LogP contribution in [0.5, 0.6) is 0 Å². The van der Waals surface area contributed by atoms with E-state index in [1.807, 2.05) is 18.7 Å². The van der Waals surface area contributed by atoms with Crippen molar-refractivity contribution in [3.63, 3.8) is 0 Å². The van der Waals surface area contributed by atoms with Crippen molar-refractivity contribution in [2.75, 3.05) is 19.6 Å². The van der Waals surface area contributed by atoms with Gasteiger partial charge in [-0.1, -0.05) is 49.3 Å². The Labute approximate surface area is 160 Å². The fraction of sp³-hybridized carbons (Fsp3) is 0.524. The summed E-state index contributed by atoms with van der Waals surface area (Å²) >= 11 is 0. The van der Waals surface area contributed by atoms with Crippen molar-refractivity contribution in [2.24, 2.45) is 5.92 Å². The van der Waals surface area contributed by atoms with Crippen LogP contribution in [0.2, 0.25) is 0 Å². The zero-order chi connectivity index (χ0) is 18.8. The van der Waals surface area contributed by atoms with Gasteiger partial charge in [-0.15, -0.1) is 0 Å². The zero-order valence-corrected chi connectivity index (χ0v) is 16.0. The Bertz CT molecular complexity index is 773. The van der Waals surface area contributed by atoms with Crippen LogP contribution < -0.4 is 10.9 Å². The Morgan fingerprint density at radius 3 is 2.85 bits per heavy atom. The molecule has 1 aromatic heterocycles. The number of carbonyl (C=O) groups excluding carboxylic acids is 1. The van der Waals surface area contributed by atoms with Crippen LogP contribution in [0, 0.1) is 5.92 Å². The summed E-state index contributed by atoms with van der Waals surface area (Å²) in [4.78, 5) is 14.9. The lowest BCUT2D eigenvalue weighted by Gasteiger charge is -2.37. The monoisotopic (exact) mass is 368 g/mol. The minimum atomic E-state index is -0.0161. The minimum absolute atomic E-state index is 0.0161. The number of hydrogen-bond acceptors (Lipinski definition) is 5. The number of hydrazine groups is 1. The Hall–Kier alpha value is -2.18. The number of nitrogens with one attached hydrogen (secondary N) is 2. The van der Waals surface area contributed by atoms with Crippen LogP contribution in [0.15, 0.2) is 40.9 Å². The van der Waals surface area contributed by atoms with E-state index in [1.54, 1.807) is 6.07 Å². The maximum Gasteiger partial charge on any atom is 0.276 e. The zero-order valence-electron chi connectivity index (χ0n) is 16.0. The van der Waals surface area contributed by atoms with Gasteiger partial charge in [-0.05, 0) is 24.3 Å². The van der Waals surface area contributed by atoms with Gasteiger partial charge in [0.2, 0.25) is 0 Å². The molecule has 2 fully saturated rings. The predicted octanol–water partition coefficient (Wildman–Crippen LogP) is 2.91. The molecule has 4 rings (SSSR count). The molecule has 144 valence electrons. The normalized spacial score (nSPS) is 25.9. The van der Waals surface area contributed by atoms with E-state index in [0.29, 0.717) is 23.6 Å². The average Bonchev–Trinajstić information content (AvgIpc) is 3.38. The van der Waals surface area contributed by atoms with Crippen molar-refractivity contribution in [3.8, 4) is 0 Å². The van der Waals surface area contributed by atoms with Crippen LogP contribution >= 0.6 is 0 Å². The number of carbonyl (C=O) groups is 1. The van der Waals surface area contributed by atoms with Gasteiger partial charge in [-0.3, -0.25) is 15.6 Å². The SMILES string of the molecule is CC(C)c1cc(C(=O)N2CCCC(C3NNCC3c3ccccc3)C2)no1.